The molecule has 2 unspecified atom stereocenters. The van der Waals surface area contributed by atoms with E-state index in [2.05, 4.69) is 16.9 Å². The predicted octanol–water partition coefficient (Wildman–Crippen LogP) is 0.587. The summed E-state index contributed by atoms with van der Waals surface area (Å²) >= 11 is 0. The number of halogens is 1. The maximum Gasteiger partial charge on any atom is 0.350 e. The van der Waals surface area contributed by atoms with Gasteiger partial charge in [-0.1, -0.05) is 6.07 Å². The first kappa shape index (κ1) is 16.0. The zero-order valence-corrected chi connectivity index (χ0v) is 13.0. The Morgan fingerprint density at radius 1 is 1.38 bits per heavy atom. The molecule has 0 amide bonds. The number of hydrogen-bond donors (Lipinski definition) is 1. The van der Waals surface area contributed by atoms with E-state index in [4.69, 9.17) is 5.73 Å². The van der Waals surface area contributed by atoms with E-state index in [1.54, 1.807) is 15.3 Å². The molecule has 0 spiro atoms. The highest BCUT2D eigenvalue weighted by atomic mass is 35.5. The SMILES string of the molecule is CC1CC(CN)CN1CCn1nc2ccccn2c1=O.Cl. The summed E-state index contributed by atoms with van der Waals surface area (Å²) in [6, 6.07) is 6.12. The topological polar surface area (TPSA) is 68.6 Å². The average molecular weight is 312 g/mol. The number of hydrogen-bond acceptors (Lipinski definition) is 4. The molecule has 0 bridgehead atoms. The van der Waals surface area contributed by atoms with E-state index < -0.39 is 0 Å². The highest BCUT2D eigenvalue weighted by Gasteiger charge is 2.27. The van der Waals surface area contributed by atoms with Gasteiger partial charge in [0.1, 0.15) is 0 Å². The zero-order valence-electron chi connectivity index (χ0n) is 12.2. The lowest BCUT2D eigenvalue weighted by Gasteiger charge is -2.20. The molecular weight excluding hydrogens is 290 g/mol. The molecular formula is C14H22ClN5O. The summed E-state index contributed by atoms with van der Waals surface area (Å²) in [4.78, 5) is 14.6. The van der Waals surface area contributed by atoms with E-state index in [1.807, 2.05) is 18.2 Å². The van der Waals surface area contributed by atoms with E-state index in [-0.39, 0.29) is 18.1 Å². The summed E-state index contributed by atoms with van der Waals surface area (Å²) in [5, 5.41) is 4.35. The van der Waals surface area contributed by atoms with E-state index in [9.17, 15) is 4.79 Å². The molecule has 0 aliphatic carbocycles. The Hall–Kier alpha value is -1.37. The molecule has 6 nitrogen and oxygen atoms in total. The van der Waals surface area contributed by atoms with Crippen molar-refractivity contribution in [2.75, 3.05) is 19.6 Å². The maximum absolute atomic E-state index is 12.2. The molecule has 1 aliphatic rings. The minimum atomic E-state index is -0.0668. The van der Waals surface area contributed by atoms with Crippen molar-refractivity contribution in [3.63, 3.8) is 0 Å². The number of likely N-dealkylation sites (tertiary alicyclic amines) is 1. The zero-order chi connectivity index (χ0) is 14.1. The summed E-state index contributed by atoms with van der Waals surface area (Å²) in [5.74, 6) is 0.586. The number of fused-ring (bicyclic) bond motifs is 1. The third-order valence-corrected chi connectivity index (χ3v) is 4.21. The minimum absolute atomic E-state index is 0. The van der Waals surface area contributed by atoms with E-state index >= 15 is 0 Å². The average Bonchev–Trinajstić information content (AvgIpc) is 2.98. The highest BCUT2D eigenvalue weighted by Crippen LogP contribution is 2.21. The van der Waals surface area contributed by atoms with Crippen LogP contribution >= 0.6 is 12.4 Å². The minimum Gasteiger partial charge on any atom is -0.330 e. The molecule has 3 rings (SSSR count). The second kappa shape index (κ2) is 6.60. The van der Waals surface area contributed by atoms with Gasteiger partial charge in [0, 0.05) is 25.3 Å². The first-order valence-electron chi connectivity index (χ1n) is 7.17. The molecule has 2 aromatic heterocycles. The van der Waals surface area contributed by atoms with Crippen LogP contribution in [-0.2, 0) is 6.54 Å². The molecule has 3 heterocycles. The Morgan fingerprint density at radius 3 is 2.86 bits per heavy atom. The lowest BCUT2D eigenvalue weighted by atomic mass is 10.1. The smallest absolute Gasteiger partial charge is 0.330 e. The largest absolute Gasteiger partial charge is 0.350 e. The Kier molecular flexibility index (Phi) is 5.03. The Bertz CT molecular complexity index is 652. The molecule has 7 heteroatoms. The second-order valence-corrected chi connectivity index (χ2v) is 5.62. The third kappa shape index (κ3) is 3.12. The van der Waals surface area contributed by atoms with Crippen molar-refractivity contribution in [3.8, 4) is 0 Å². The Morgan fingerprint density at radius 2 is 2.19 bits per heavy atom. The molecule has 2 atom stereocenters. The van der Waals surface area contributed by atoms with Crippen LogP contribution in [0.4, 0.5) is 0 Å². The predicted molar refractivity (Wildman–Crippen MR) is 84.9 cm³/mol. The van der Waals surface area contributed by atoms with E-state index in [0.29, 0.717) is 24.2 Å². The molecule has 0 saturated carbocycles. The standard InChI is InChI=1S/C14H21N5O.ClH/c1-11-8-12(9-15)10-17(11)6-7-19-14(20)18-5-3-2-4-13(18)16-19;/h2-5,11-12H,6-10,15H2,1H3;1H. The molecule has 2 aromatic rings. The quantitative estimate of drug-likeness (QED) is 0.897. The van der Waals surface area contributed by atoms with Crippen LogP contribution in [0.2, 0.25) is 0 Å². The van der Waals surface area contributed by atoms with Gasteiger partial charge in [0.25, 0.3) is 0 Å². The van der Waals surface area contributed by atoms with Crippen molar-refractivity contribution in [2.24, 2.45) is 11.7 Å². The van der Waals surface area contributed by atoms with Crippen LogP contribution in [0.3, 0.4) is 0 Å². The van der Waals surface area contributed by atoms with Gasteiger partial charge in [-0.3, -0.25) is 9.30 Å². The van der Waals surface area contributed by atoms with Crippen LogP contribution in [0.5, 0.6) is 0 Å². The van der Waals surface area contributed by atoms with Gasteiger partial charge < -0.3 is 5.73 Å². The lowest BCUT2D eigenvalue weighted by Crippen LogP contribution is -2.34. The summed E-state index contributed by atoms with van der Waals surface area (Å²) in [7, 11) is 0. The van der Waals surface area contributed by atoms with Gasteiger partial charge in [0.05, 0.1) is 6.54 Å². The van der Waals surface area contributed by atoms with Crippen molar-refractivity contribution in [1.82, 2.24) is 19.1 Å². The molecule has 0 aromatic carbocycles. The first-order chi connectivity index (χ1) is 9.69. The maximum atomic E-state index is 12.2. The number of nitrogens with two attached hydrogens (primary N) is 1. The van der Waals surface area contributed by atoms with Crippen molar-refractivity contribution in [2.45, 2.75) is 25.9 Å². The summed E-state index contributed by atoms with van der Waals surface area (Å²) in [6.45, 7) is 5.47. The molecule has 0 radical (unpaired) electrons. The van der Waals surface area contributed by atoms with Crippen molar-refractivity contribution in [3.05, 3.63) is 34.9 Å². The monoisotopic (exact) mass is 311 g/mol. The van der Waals surface area contributed by atoms with Crippen LogP contribution in [0.1, 0.15) is 13.3 Å². The van der Waals surface area contributed by atoms with Gasteiger partial charge in [-0.25, -0.2) is 9.48 Å². The van der Waals surface area contributed by atoms with E-state index in [1.165, 1.54) is 0 Å². The third-order valence-electron chi connectivity index (χ3n) is 4.21. The number of nitrogens with zero attached hydrogens (tertiary/aromatic N) is 4. The second-order valence-electron chi connectivity index (χ2n) is 5.62. The fourth-order valence-corrected chi connectivity index (χ4v) is 3.04. The highest BCUT2D eigenvalue weighted by molar-refractivity contribution is 5.85. The van der Waals surface area contributed by atoms with Crippen LogP contribution in [0.15, 0.2) is 29.2 Å². The van der Waals surface area contributed by atoms with Gasteiger partial charge in [-0.2, -0.15) is 0 Å². The van der Waals surface area contributed by atoms with Crippen LogP contribution in [0.25, 0.3) is 5.65 Å². The van der Waals surface area contributed by atoms with E-state index in [0.717, 1.165) is 26.1 Å². The molecule has 1 aliphatic heterocycles. The van der Waals surface area contributed by atoms with Crippen LogP contribution in [0, 0.1) is 5.92 Å². The molecule has 1 saturated heterocycles. The molecule has 1 fully saturated rings. The summed E-state index contributed by atoms with van der Waals surface area (Å²) < 4.78 is 3.13. The van der Waals surface area contributed by atoms with Gasteiger partial charge >= 0.3 is 5.69 Å². The normalized spacial score (nSPS) is 22.6. The van der Waals surface area contributed by atoms with Crippen molar-refractivity contribution in [1.29, 1.82) is 0 Å². The summed E-state index contributed by atoms with van der Waals surface area (Å²) in [5.41, 5.74) is 6.38. The van der Waals surface area contributed by atoms with Gasteiger partial charge in [-0.05, 0) is 37.9 Å². The number of aromatic nitrogens is 3. The molecule has 116 valence electrons. The Balaban J connectivity index is 0.00000161. The molecule has 2 N–H and O–H groups in total. The van der Waals surface area contributed by atoms with Crippen LogP contribution in [-0.4, -0.2) is 44.8 Å². The van der Waals surface area contributed by atoms with Gasteiger partial charge in [-0.15, -0.1) is 17.5 Å². The van der Waals surface area contributed by atoms with Crippen LogP contribution < -0.4 is 11.4 Å². The van der Waals surface area contributed by atoms with Gasteiger partial charge in [0.2, 0.25) is 0 Å². The van der Waals surface area contributed by atoms with Crippen molar-refractivity contribution >= 4 is 18.1 Å². The summed E-state index contributed by atoms with van der Waals surface area (Å²) in [6.07, 6.45) is 2.90. The van der Waals surface area contributed by atoms with Crippen molar-refractivity contribution < 1.29 is 0 Å². The molecule has 21 heavy (non-hydrogen) atoms. The lowest BCUT2D eigenvalue weighted by molar-refractivity contribution is 0.248. The first-order valence-corrected chi connectivity index (χ1v) is 7.17. The number of pyridine rings is 1. The van der Waals surface area contributed by atoms with Gasteiger partial charge in [0.15, 0.2) is 5.65 Å². The Labute approximate surface area is 129 Å². The fraction of sp³-hybridized carbons (Fsp3) is 0.571. The fourth-order valence-electron chi connectivity index (χ4n) is 3.04. The number of rotatable bonds is 4.